The minimum Gasteiger partial charge on any atom is -0.379 e. The highest BCUT2D eigenvalue weighted by Crippen LogP contribution is 2.21. The lowest BCUT2D eigenvalue weighted by atomic mass is 10.0. The zero-order chi connectivity index (χ0) is 18.2. The summed E-state index contributed by atoms with van der Waals surface area (Å²) in [6, 6.07) is 18.6. The largest absolute Gasteiger partial charge is 0.379 e. The van der Waals surface area contributed by atoms with Crippen molar-refractivity contribution < 1.29 is 9.53 Å². The molecule has 0 bridgehead atoms. The topological polar surface area (TPSA) is 41.6 Å². The van der Waals surface area contributed by atoms with Crippen LogP contribution in [0, 0.1) is 6.92 Å². The van der Waals surface area contributed by atoms with E-state index in [9.17, 15) is 4.79 Å². The molecule has 0 aliphatic carbocycles. The Morgan fingerprint density at radius 2 is 1.81 bits per heavy atom. The maximum absolute atomic E-state index is 12.2. The van der Waals surface area contributed by atoms with Gasteiger partial charge in [0.1, 0.15) is 0 Å². The summed E-state index contributed by atoms with van der Waals surface area (Å²) in [5.41, 5.74) is 3.49. The summed E-state index contributed by atoms with van der Waals surface area (Å²) in [6.07, 6.45) is 3.44. The molecule has 4 nitrogen and oxygen atoms in total. The standard InChI is InChI=1S/C22H26N2O2/c1-18-7-10-20(11-8-18)21(24-13-15-26-16-14-24)17-23-22(25)12-9-19-5-3-2-4-6-19/h2-12,21H,13-17H2,1H3,(H,23,25)/b12-9+. The lowest BCUT2D eigenvalue weighted by Gasteiger charge is -2.35. The third-order valence-electron chi connectivity index (χ3n) is 4.64. The second-order valence-corrected chi connectivity index (χ2v) is 6.56. The monoisotopic (exact) mass is 350 g/mol. The smallest absolute Gasteiger partial charge is 0.244 e. The molecule has 1 N–H and O–H groups in total. The third-order valence-corrected chi connectivity index (χ3v) is 4.64. The Labute approximate surface area is 155 Å². The molecule has 3 rings (SSSR count). The number of hydrogen-bond acceptors (Lipinski definition) is 3. The molecule has 0 spiro atoms. The molecule has 1 fully saturated rings. The predicted octanol–water partition coefficient (Wildman–Crippen LogP) is 3.20. The van der Waals surface area contributed by atoms with E-state index in [-0.39, 0.29) is 11.9 Å². The van der Waals surface area contributed by atoms with E-state index in [1.807, 2.05) is 36.4 Å². The van der Waals surface area contributed by atoms with Crippen molar-refractivity contribution in [1.29, 1.82) is 0 Å². The van der Waals surface area contributed by atoms with Crippen molar-refractivity contribution in [3.8, 4) is 0 Å². The molecule has 1 aliphatic heterocycles. The highest BCUT2D eigenvalue weighted by atomic mass is 16.5. The normalized spacial score (nSPS) is 16.5. The van der Waals surface area contributed by atoms with Crippen LogP contribution in [0.2, 0.25) is 0 Å². The summed E-state index contributed by atoms with van der Waals surface area (Å²) in [7, 11) is 0. The molecule has 26 heavy (non-hydrogen) atoms. The number of carbonyl (C=O) groups excluding carboxylic acids is 1. The average Bonchev–Trinajstić information content (AvgIpc) is 2.69. The van der Waals surface area contributed by atoms with E-state index >= 15 is 0 Å². The zero-order valence-corrected chi connectivity index (χ0v) is 15.2. The van der Waals surface area contributed by atoms with E-state index in [0.29, 0.717) is 6.54 Å². The number of morpholine rings is 1. The summed E-state index contributed by atoms with van der Waals surface area (Å²) in [5.74, 6) is -0.0702. The van der Waals surface area contributed by atoms with Crippen molar-refractivity contribution in [2.24, 2.45) is 0 Å². The minimum atomic E-state index is -0.0702. The van der Waals surface area contributed by atoms with Gasteiger partial charge in [-0.25, -0.2) is 0 Å². The molecule has 1 unspecified atom stereocenters. The van der Waals surface area contributed by atoms with Gasteiger partial charge in [-0.15, -0.1) is 0 Å². The number of benzene rings is 2. The van der Waals surface area contributed by atoms with Crippen molar-refractivity contribution in [2.45, 2.75) is 13.0 Å². The van der Waals surface area contributed by atoms with E-state index in [0.717, 1.165) is 31.9 Å². The van der Waals surface area contributed by atoms with E-state index in [1.165, 1.54) is 11.1 Å². The number of carbonyl (C=O) groups is 1. The quantitative estimate of drug-likeness (QED) is 0.814. The van der Waals surface area contributed by atoms with Crippen molar-refractivity contribution >= 4 is 12.0 Å². The summed E-state index contributed by atoms with van der Waals surface area (Å²) in [5, 5.41) is 3.06. The predicted molar refractivity (Wildman–Crippen MR) is 105 cm³/mol. The Bertz CT molecular complexity index is 720. The van der Waals surface area contributed by atoms with Gasteiger partial charge in [0.05, 0.1) is 19.3 Å². The highest BCUT2D eigenvalue weighted by Gasteiger charge is 2.22. The summed E-state index contributed by atoms with van der Waals surface area (Å²) >= 11 is 0. The zero-order valence-electron chi connectivity index (χ0n) is 15.2. The van der Waals surface area contributed by atoms with Crippen LogP contribution >= 0.6 is 0 Å². The van der Waals surface area contributed by atoms with Crippen LogP contribution < -0.4 is 5.32 Å². The number of hydrogen-bond donors (Lipinski definition) is 1. The van der Waals surface area contributed by atoms with Crippen LogP contribution in [0.3, 0.4) is 0 Å². The van der Waals surface area contributed by atoms with Crippen molar-refractivity contribution in [1.82, 2.24) is 10.2 Å². The fourth-order valence-corrected chi connectivity index (χ4v) is 3.13. The Balaban J connectivity index is 1.64. The molecule has 1 heterocycles. The Kier molecular flexibility index (Phi) is 6.58. The van der Waals surface area contributed by atoms with Crippen LogP contribution in [0.4, 0.5) is 0 Å². The number of rotatable bonds is 6. The highest BCUT2D eigenvalue weighted by molar-refractivity contribution is 5.91. The fourth-order valence-electron chi connectivity index (χ4n) is 3.13. The van der Waals surface area contributed by atoms with Crippen LogP contribution in [0.15, 0.2) is 60.7 Å². The third kappa shape index (κ3) is 5.28. The van der Waals surface area contributed by atoms with Crippen LogP contribution in [0.25, 0.3) is 6.08 Å². The number of aryl methyl sites for hydroxylation is 1. The van der Waals surface area contributed by atoms with Gasteiger partial charge in [0.15, 0.2) is 0 Å². The minimum absolute atomic E-state index is 0.0702. The number of nitrogens with zero attached hydrogens (tertiary/aromatic N) is 1. The molecule has 2 aromatic carbocycles. The molecule has 2 aromatic rings. The maximum Gasteiger partial charge on any atom is 0.244 e. The molecule has 0 radical (unpaired) electrons. The number of ether oxygens (including phenoxy) is 1. The summed E-state index contributed by atoms with van der Waals surface area (Å²) < 4.78 is 5.48. The first-order valence-corrected chi connectivity index (χ1v) is 9.12. The van der Waals surface area contributed by atoms with Crippen molar-refractivity contribution in [3.63, 3.8) is 0 Å². The maximum atomic E-state index is 12.2. The van der Waals surface area contributed by atoms with Gasteiger partial charge in [0.2, 0.25) is 5.91 Å². The molecule has 0 saturated carbocycles. The van der Waals surface area contributed by atoms with Crippen LogP contribution in [0.1, 0.15) is 22.7 Å². The van der Waals surface area contributed by atoms with Gasteiger partial charge in [0, 0.05) is 25.7 Å². The lowest BCUT2D eigenvalue weighted by molar-refractivity contribution is -0.116. The number of amides is 1. The van der Waals surface area contributed by atoms with Crippen molar-refractivity contribution in [2.75, 3.05) is 32.8 Å². The van der Waals surface area contributed by atoms with Gasteiger partial charge in [-0.1, -0.05) is 60.2 Å². The molecule has 0 aromatic heterocycles. The van der Waals surface area contributed by atoms with E-state index in [1.54, 1.807) is 6.08 Å². The molecular weight excluding hydrogens is 324 g/mol. The molecule has 1 amide bonds. The van der Waals surface area contributed by atoms with E-state index in [2.05, 4.69) is 41.4 Å². The van der Waals surface area contributed by atoms with Gasteiger partial charge < -0.3 is 10.1 Å². The van der Waals surface area contributed by atoms with Gasteiger partial charge in [-0.05, 0) is 24.1 Å². The Morgan fingerprint density at radius 1 is 1.12 bits per heavy atom. The SMILES string of the molecule is Cc1ccc(C(CNC(=O)/C=C/c2ccccc2)N2CCOCC2)cc1. The Morgan fingerprint density at radius 3 is 2.50 bits per heavy atom. The molecule has 1 aliphatic rings. The number of nitrogens with one attached hydrogen (secondary N) is 1. The molecular formula is C22H26N2O2. The van der Waals surface area contributed by atoms with Gasteiger partial charge in [-0.2, -0.15) is 0 Å². The fraction of sp³-hybridized carbons (Fsp3) is 0.318. The van der Waals surface area contributed by atoms with Crippen LogP contribution in [-0.4, -0.2) is 43.7 Å². The first kappa shape index (κ1) is 18.4. The summed E-state index contributed by atoms with van der Waals surface area (Å²) in [6.45, 7) is 5.92. The van der Waals surface area contributed by atoms with E-state index in [4.69, 9.17) is 4.74 Å². The van der Waals surface area contributed by atoms with Crippen LogP contribution in [0.5, 0.6) is 0 Å². The van der Waals surface area contributed by atoms with Gasteiger partial charge in [0.25, 0.3) is 0 Å². The second kappa shape index (κ2) is 9.32. The van der Waals surface area contributed by atoms with Crippen LogP contribution in [-0.2, 0) is 9.53 Å². The summed E-state index contributed by atoms with van der Waals surface area (Å²) in [4.78, 5) is 14.6. The molecule has 136 valence electrons. The molecule has 1 saturated heterocycles. The second-order valence-electron chi connectivity index (χ2n) is 6.56. The lowest BCUT2D eigenvalue weighted by Crippen LogP contribution is -2.43. The molecule has 4 heteroatoms. The van der Waals surface area contributed by atoms with Crippen molar-refractivity contribution in [3.05, 3.63) is 77.4 Å². The van der Waals surface area contributed by atoms with E-state index < -0.39 is 0 Å². The first-order valence-electron chi connectivity index (χ1n) is 9.12. The Hall–Kier alpha value is -2.43. The average molecular weight is 350 g/mol. The van der Waals surface area contributed by atoms with Gasteiger partial charge in [-0.3, -0.25) is 9.69 Å². The van der Waals surface area contributed by atoms with Gasteiger partial charge >= 0.3 is 0 Å². The first-order chi connectivity index (χ1) is 12.7. The molecule has 1 atom stereocenters.